The van der Waals surface area contributed by atoms with Crippen LogP contribution in [0.4, 0.5) is 0 Å². The Hall–Kier alpha value is -1.39. The molecule has 21 heavy (non-hydrogen) atoms. The van der Waals surface area contributed by atoms with Gasteiger partial charge in [0.15, 0.2) is 0 Å². The zero-order valence-electron chi connectivity index (χ0n) is 12.9. The number of benzene rings is 1. The lowest BCUT2D eigenvalue weighted by Gasteiger charge is -2.30. The Morgan fingerprint density at radius 2 is 1.76 bits per heavy atom. The number of carbonyl (C=O) groups excluding carboxylic acids is 1. The van der Waals surface area contributed by atoms with E-state index in [0.717, 1.165) is 36.0 Å². The SMILES string of the molecule is Cc1cc(C)cc([C@H](O)CNC(=O)C2(O)CCCCC2)c1. The second-order valence-electron chi connectivity index (χ2n) is 6.24. The highest BCUT2D eigenvalue weighted by molar-refractivity contribution is 5.84. The van der Waals surface area contributed by atoms with E-state index in [1.807, 2.05) is 32.0 Å². The number of aliphatic hydroxyl groups is 2. The summed E-state index contributed by atoms with van der Waals surface area (Å²) in [5, 5.41) is 23.2. The Bertz CT molecular complexity index is 487. The number of aryl methyl sites for hydroxylation is 2. The molecule has 0 unspecified atom stereocenters. The van der Waals surface area contributed by atoms with Crippen molar-refractivity contribution >= 4 is 5.91 Å². The molecule has 3 N–H and O–H groups in total. The van der Waals surface area contributed by atoms with Gasteiger partial charge in [-0.25, -0.2) is 0 Å². The molecule has 1 atom stereocenters. The summed E-state index contributed by atoms with van der Waals surface area (Å²) in [4.78, 5) is 12.1. The lowest BCUT2D eigenvalue weighted by Crippen LogP contribution is -2.48. The van der Waals surface area contributed by atoms with Gasteiger partial charge in [-0.2, -0.15) is 0 Å². The van der Waals surface area contributed by atoms with Crippen LogP contribution in [0.2, 0.25) is 0 Å². The highest BCUT2D eigenvalue weighted by atomic mass is 16.3. The third-order valence-corrected chi connectivity index (χ3v) is 4.19. The second kappa shape index (κ2) is 6.58. The van der Waals surface area contributed by atoms with Crippen molar-refractivity contribution in [3.05, 3.63) is 34.9 Å². The van der Waals surface area contributed by atoms with Gasteiger partial charge in [0.2, 0.25) is 0 Å². The van der Waals surface area contributed by atoms with E-state index in [9.17, 15) is 15.0 Å². The molecule has 1 aliphatic carbocycles. The minimum Gasteiger partial charge on any atom is -0.387 e. The molecule has 0 bridgehead atoms. The van der Waals surface area contributed by atoms with Crippen LogP contribution >= 0.6 is 0 Å². The summed E-state index contributed by atoms with van der Waals surface area (Å²) in [6.45, 7) is 4.09. The predicted octanol–water partition coefficient (Wildman–Crippen LogP) is 2.15. The Labute approximate surface area is 126 Å². The zero-order chi connectivity index (χ0) is 15.5. The van der Waals surface area contributed by atoms with Crippen molar-refractivity contribution in [2.24, 2.45) is 0 Å². The fraction of sp³-hybridized carbons (Fsp3) is 0.588. The molecule has 0 aliphatic heterocycles. The van der Waals surface area contributed by atoms with E-state index in [2.05, 4.69) is 5.32 Å². The first-order chi connectivity index (χ1) is 9.90. The predicted molar refractivity (Wildman–Crippen MR) is 81.9 cm³/mol. The minimum atomic E-state index is -1.25. The Kier molecular flexibility index (Phi) is 5.01. The molecular weight excluding hydrogens is 266 g/mol. The maximum Gasteiger partial charge on any atom is 0.252 e. The lowest BCUT2D eigenvalue weighted by atomic mass is 9.84. The molecule has 1 saturated carbocycles. The molecule has 1 aromatic rings. The van der Waals surface area contributed by atoms with Crippen LogP contribution in [0.5, 0.6) is 0 Å². The summed E-state index contributed by atoms with van der Waals surface area (Å²) in [6, 6.07) is 5.87. The van der Waals surface area contributed by atoms with Crippen LogP contribution in [0.1, 0.15) is 54.9 Å². The van der Waals surface area contributed by atoms with Gasteiger partial charge in [0.1, 0.15) is 5.60 Å². The standard InChI is InChI=1S/C17H25NO3/c1-12-8-13(2)10-14(9-12)15(19)11-18-16(20)17(21)6-4-3-5-7-17/h8-10,15,19,21H,3-7,11H2,1-2H3,(H,18,20)/t15-/m1/s1. The largest absolute Gasteiger partial charge is 0.387 e. The molecule has 0 heterocycles. The summed E-state index contributed by atoms with van der Waals surface area (Å²) >= 11 is 0. The van der Waals surface area contributed by atoms with Crippen molar-refractivity contribution in [1.29, 1.82) is 0 Å². The average molecular weight is 291 g/mol. The van der Waals surface area contributed by atoms with Gasteiger partial charge in [0, 0.05) is 6.54 Å². The molecule has 1 amide bonds. The monoisotopic (exact) mass is 291 g/mol. The molecule has 2 rings (SSSR count). The van der Waals surface area contributed by atoms with Gasteiger partial charge in [-0.15, -0.1) is 0 Å². The molecular formula is C17H25NO3. The minimum absolute atomic E-state index is 0.129. The van der Waals surface area contributed by atoms with Gasteiger partial charge in [-0.05, 0) is 32.3 Å². The van der Waals surface area contributed by atoms with Crippen molar-refractivity contribution in [3.63, 3.8) is 0 Å². The zero-order valence-corrected chi connectivity index (χ0v) is 12.9. The first-order valence-electron chi connectivity index (χ1n) is 7.68. The molecule has 4 nitrogen and oxygen atoms in total. The summed E-state index contributed by atoms with van der Waals surface area (Å²) < 4.78 is 0. The number of aliphatic hydroxyl groups excluding tert-OH is 1. The normalized spacial score (nSPS) is 19.0. The highest BCUT2D eigenvalue weighted by Gasteiger charge is 2.36. The number of carbonyl (C=O) groups is 1. The van der Waals surface area contributed by atoms with Crippen LogP contribution < -0.4 is 5.32 Å². The van der Waals surface area contributed by atoms with E-state index in [4.69, 9.17) is 0 Å². The van der Waals surface area contributed by atoms with E-state index < -0.39 is 11.7 Å². The summed E-state index contributed by atoms with van der Waals surface area (Å²) in [6.07, 6.45) is 3.10. The van der Waals surface area contributed by atoms with Crippen molar-refractivity contribution in [3.8, 4) is 0 Å². The average Bonchev–Trinajstić information content (AvgIpc) is 2.44. The van der Waals surface area contributed by atoms with Crippen molar-refractivity contribution < 1.29 is 15.0 Å². The fourth-order valence-corrected chi connectivity index (χ4v) is 3.04. The topological polar surface area (TPSA) is 69.6 Å². The maximum absolute atomic E-state index is 12.1. The Morgan fingerprint density at radius 3 is 2.33 bits per heavy atom. The molecule has 0 spiro atoms. The van der Waals surface area contributed by atoms with E-state index in [1.54, 1.807) is 0 Å². The second-order valence-corrected chi connectivity index (χ2v) is 6.24. The van der Waals surface area contributed by atoms with Crippen LogP contribution in [0.15, 0.2) is 18.2 Å². The van der Waals surface area contributed by atoms with E-state index >= 15 is 0 Å². The van der Waals surface area contributed by atoms with E-state index in [-0.39, 0.29) is 12.5 Å². The van der Waals surface area contributed by atoms with Crippen LogP contribution in [-0.2, 0) is 4.79 Å². The van der Waals surface area contributed by atoms with Gasteiger partial charge in [-0.1, -0.05) is 48.6 Å². The molecule has 1 aromatic carbocycles. The summed E-state index contributed by atoms with van der Waals surface area (Å²) in [5.41, 5.74) is 1.71. The van der Waals surface area contributed by atoms with Crippen molar-refractivity contribution in [2.75, 3.05) is 6.54 Å². The van der Waals surface area contributed by atoms with Crippen LogP contribution in [0, 0.1) is 13.8 Å². The van der Waals surface area contributed by atoms with Gasteiger partial charge < -0.3 is 15.5 Å². The first kappa shape index (κ1) is 16.0. The van der Waals surface area contributed by atoms with Gasteiger partial charge in [0.25, 0.3) is 5.91 Å². The third kappa shape index (κ3) is 4.05. The summed E-state index contributed by atoms with van der Waals surface area (Å²) in [7, 11) is 0. The van der Waals surface area contributed by atoms with Crippen LogP contribution in [0.3, 0.4) is 0 Å². The quantitative estimate of drug-likeness (QED) is 0.796. The Balaban J connectivity index is 1.94. The van der Waals surface area contributed by atoms with E-state index in [0.29, 0.717) is 12.8 Å². The molecule has 4 heteroatoms. The molecule has 0 saturated heterocycles. The number of rotatable bonds is 4. The molecule has 1 fully saturated rings. The molecule has 116 valence electrons. The lowest BCUT2D eigenvalue weighted by molar-refractivity contribution is -0.143. The van der Waals surface area contributed by atoms with E-state index in [1.165, 1.54) is 0 Å². The number of nitrogens with one attached hydrogen (secondary N) is 1. The molecule has 0 radical (unpaired) electrons. The third-order valence-electron chi connectivity index (χ3n) is 4.19. The Morgan fingerprint density at radius 1 is 1.19 bits per heavy atom. The fourth-order valence-electron chi connectivity index (χ4n) is 3.04. The number of hydrogen-bond donors (Lipinski definition) is 3. The number of hydrogen-bond acceptors (Lipinski definition) is 3. The van der Waals surface area contributed by atoms with Crippen molar-refractivity contribution in [2.45, 2.75) is 57.7 Å². The summed E-state index contributed by atoms with van der Waals surface area (Å²) in [5.74, 6) is -0.356. The molecule has 1 aliphatic rings. The molecule has 0 aromatic heterocycles. The smallest absolute Gasteiger partial charge is 0.252 e. The highest BCUT2D eigenvalue weighted by Crippen LogP contribution is 2.28. The van der Waals surface area contributed by atoms with Gasteiger partial charge in [0.05, 0.1) is 6.10 Å². The number of amides is 1. The van der Waals surface area contributed by atoms with Crippen LogP contribution in [-0.4, -0.2) is 28.3 Å². The maximum atomic E-state index is 12.1. The van der Waals surface area contributed by atoms with Crippen LogP contribution in [0.25, 0.3) is 0 Å². The van der Waals surface area contributed by atoms with Crippen molar-refractivity contribution in [1.82, 2.24) is 5.32 Å². The van der Waals surface area contributed by atoms with Gasteiger partial charge in [-0.3, -0.25) is 4.79 Å². The first-order valence-corrected chi connectivity index (χ1v) is 7.68. The van der Waals surface area contributed by atoms with Gasteiger partial charge >= 0.3 is 0 Å².